The normalized spacial score (nSPS) is 11.0. The lowest BCUT2D eigenvalue weighted by Crippen LogP contribution is -2.22. The van der Waals surface area contributed by atoms with Crippen LogP contribution in [0.15, 0.2) is 75.1 Å². The molecule has 4 aromatic rings. The number of para-hydroxylation sites is 1. The summed E-state index contributed by atoms with van der Waals surface area (Å²) < 4.78 is 2.54. The Labute approximate surface area is 190 Å². The minimum Gasteiger partial charge on any atom is -0.325 e. The molecule has 2 heterocycles. The number of fused-ring (bicyclic) bond motifs is 1. The first-order chi connectivity index (χ1) is 14.5. The van der Waals surface area contributed by atoms with E-state index in [9.17, 15) is 9.59 Å². The number of halogens is 1. The Hall–Kier alpha value is -2.42. The molecule has 1 N–H and O–H groups in total. The van der Waals surface area contributed by atoms with Gasteiger partial charge in [-0.2, -0.15) is 0 Å². The van der Waals surface area contributed by atoms with E-state index in [1.807, 2.05) is 60.7 Å². The molecule has 0 aliphatic carbocycles. The van der Waals surface area contributed by atoms with Crippen LogP contribution in [0.2, 0.25) is 0 Å². The maximum atomic E-state index is 13.3. The molecule has 0 radical (unpaired) electrons. The standard InChI is InChI=1S/C22H18BrN3O2S2/c1-2-17-12-18-20(30-17)25-22(26(21(18)28)16-6-4-3-5-7-16)29-13-19(27)24-15-10-8-14(23)9-11-15/h3-12H,2,13H2,1H3,(H,24,27). The smallest absolute Gasteiger partial charge is 0.267 e. The molecule has 0 unspecified atom stereocenters. The minimum atomic E-state index is -0.156. The molecule has 0 spiro atoms. The van der Waals surface area contributed by atoms with Crippen LogP contribution in [-0.2, 0) is 11.2 Å². The van der Waals surface area contributed by atoms with Crippen LogP contribution in [0.3, 0.4) is 0 Å². The SMILES string of the molecule is CCc1cc2c(=O)n(-c3ccccc3)c(SCC(=O)Nc3ccc(Br)cc3)nc2s1. The third-order valence-corrected chi connectivity index (χ3v) is 7.05. The lowest BCUT2D eigenvalue weighted by Gasteiger charge is -2.12. The highest BCUT2D eigenvalue weighted by molar-refractivity contribution is 9.10. The van der Waals surface area contributed by atoms with Gasteiger partial charge in [0, 0.05) is 15.0 Å². The van der Waals surface area contributed by atoms with Crippen LogP contribution < -0.4 is 10.9 Å². The molecule has 5 nitrogen and oxygen atoms in total. The highest BCUT2D eigenvalue weighted by Gasteiger charge is 2.17. The zero-order valence-corrected chi connectivity index (χ0v) is 19.3. The number of hydrogen-bond acceptors (Lipinski definition) is 5. The van der Waals surface area contributed by atoms with Crippen molar-refractivity contribution < 1.29 is 4.79 Å². The lowest BCUT2D eigenvalue weighted by atomic mass is 10.3. The number of benzene rings is 2. The topological polar surface area (TPSA) is 64.0 Å². The van der Waals surface area contributed by atoms with Gasteiger partial charge in [0.15, 0.2) is 5.16 Å². The van der Waals surface area contributed by atoms with Gasteiger partial charge >= 0.3 is 0 Å². The number of aromatic nitrogens is 2. The highest BCUT2D eigenvalue weighted by Crippen LogP contribution is 2.27. The van der Waals surface area contributed by atoms with Crippen molar-refractivity contribution in [2.24, 2.45) is 0 Å². The van der Waals surface area contributed by atoms with E-state index in [1.165, 1.54) is 23.1 Å². The van der Waals surface area contributed by atoms with Crippen LogP contribution in [0.25, 0.3) is 15.9 Å². The summed E-state index contributed by atoms with van der Waals surface area (Å²) in [5.41, 5.74) is 1.34. The molecule has 2 aromatic heterocycles. The van der Waals surface area contributed by atoms with E-state index < -0.39 is 0 Å². The number of hydrogen-bond donors (Lipinski definition) is 1. The molecule has 0 saturated heterocycles. The highest BCUT2D eigenvalue weighted by atomic mass is 79.9. The molecule has 0 fully saturated rings. The van der Waals surface area contributed by atoms with Crippen molar-refractivity contribution in [3.05, 3.63) is 80.4 Å². The summed E-state index contributed by atoms with van der Waals surface area (Å²) in [6.07, 6.45) is 0.851. The Kier molecular flexibility index (Phi) is 6.36. The molecule has 0 aliphatic heterocycles. The van der Waals surface area contributed by atoms with Gasteiger partial charge in [-0.1, -0.05) is 52.8 Å². The van der Waals surface area contributed by atoms with Crippen LogP contribution >= 0.6 is 39.0 Å². The molecule has 0 aliphatic rings. The van der Waals surface area contributed by atoms with E-state index >= 15 is 0 Å². The number of nitrogens with zero attached hydrogens (tertiary/aromatic N) is 2. The largest absolute Gasteiger partial charge is 0.325 e. The summed E-state index contributed by atoms with van der Waals surface area (Å²) >= 11 is 6.16. The van der Waals surface area contributed by atoms with E-state index in [1.54, 1.807) is 4.57 Å². The van der Waals surface area contributed by atoms with Crippen molar-refractivity contribution >= 4 is 60.8 Å². The monoisotopic (exact) mass is 499 g/mol. The Morgan fingerprint density at radius 3 is 2.60 bits per heavy atom. The summed E-state index contributed by atoms with van der Waals surface area (Å²) in [4.78, 5) is 32.3. The number of carbonyl (C=O) groups is 1. The molecule has 0 atom stereocenters. The molecule has 4 rings (SSSR count). The maximum absolute atomic E-state index is 13.3. The number of rotatable bonds is 6. The van der Waals surface area contributed by atoms with Gasteiger partial charge in [-0.3, -0.25) is 14.2 Å². The van der Waals surface area contributed by atoms with Crippen LogP contribution in [0.4, 0.5) is 5.69 Å². The Morgan fingerprint density at radius 2 is 1.90 bits per heavy atom. The van der Waals surface area contributed by atoms with Crippen molar-refractivity contribution in [3.8, 4) is 5.69 Å². The molecule has 152 valence electrons. The predicted octanol–water partition coefficient (Wildman–Crippen LogP) is 5.50. The third kappa shape index (κ3) is 4.50. The second kappa shape index (κ2) is 9.16. The first-order valence-electron chi connectivity index (χ1n) is 9.34. The summed E-state index contributed by atoms with van der Waals surface area (Å²) in [5, 5.41) is 3.99. The summed E-state index contributed by atoms with van der Waals surface area (Å²) in [7, 11) is 0. The fourth-order valence-electron chi connectivity index (χ4n) is 2.95. The predicted molar refractivity (Wildman–Crippen MR) is 128 cm³/mol. The number of thioether (sulfide) groups is 1. The van der Waals surface area contributed by atoms with E-state index in [0.29, 0.717) is 15.4 Å². The van der Waals surface area contributed by atoms with E-state index in [0.717, 1.165) is 27.1 Å². The number of nitrogens with one attached hydrogen (secondary N) is 1. The second-order valence-corrected chi connectivity index (χ2v) is 9.47. The van der Waals surface area contributed by atoms with Crippen molar-refractivity contribution in [2.45, 2.75) is 18.5 Å². The Bertz CT molecular complexity index is 1250. The van der Waals surface area contributed by atoms with Crippen LogP contribution in [0.1, 0.15) is 11.8 Å². The van der Waals surface area contributed by atoms with Gasteiger partial charge in [-0.25, -0.2) is 4.98 Å². The Balaban J connectivity index is 1.65. The fourth-order valence-corrected chi connectivity index (χ4v) is 5.03. The van der Waals surface area contributed by atoms with E-state index in [4.69, 9.17) is 4.98 Å². The molecular formula is C22H18BrN3O2S2. The van der Waals surface area contributed by atoms with Gasteiger partial charge in [0.2, 0.25) is 5.91 Å². The number of thiophene rings is 1. The van der Waals surface area contributed by atoms with Crippen molar-refractivity contribution in [2.75, 3.05) is 11.1 Å². The summed E-state index contributed by atoms with van der Waals surface area (Å²) in [6.45, 7) is 2.06. The number of amides is 1. The molecule has 8 heteroatoms. The molecule has 2 aromatic carbocycles. The Morgan fingerprint density at radius 1 is 1.17 bits per heavy atom. The van der Waals surface area contributed by atoms with E-state index in [-0.39, 0.29) is 17.2 Å². The maximum Gasteiger partial charge on any atom is 0.267 e. The lowest BCUT2D eigenvalue weighted by molar-refractivity contribution is -0.113. The summed E-state index contributed by atoms with van der Waals surface area (Å²) in [5.74, 6) is -0.0101. The number of carbonyl (C=O) groups excluding carboxylic acids is 1. The van der Waals surface area contributed by atoms with Crippen molar-refractivity contribution in [3.63, 3.8) is 0 Å². The first kappa shape index (κ1) is 20.8. The second-order valence-electron chi connectivity index (χ2n) is 6.50. The van der Waals surface area contributed by atoms with Gasteiger partial charge in [-0.05, 0) is 48.9 Å². The third-order valence-electron chi connectivity index (χ3n) is 4.41. The average molecular weight is 500 g/mol. The fraction of sp³-hybridized carbons (Fsp3) is 0.136. The zero-order chi connectivity index (χ0) is 21.1. The van der Waals surface area contributed by atoms with Crippen molar-refractivity contribution in [1.29, 1.82) is 0 Å². The zero-order valence-electron chi connectivity index (χ0n) is 16.1. The van der Waals surface area contributed by atoms with Gasteiger partial charge in [0.1, 0.15) is 4.83 Å². The van der Waals surface area contributed by atoms with Crippen LogP contribution in [-0.4, -0.2) is 21.2 Å². The number of anilines is 1. The molecular weight excluding hydrogens is 482 g/mol. The molecule has 30 heavy (non-hydrogen) atoms. The van der Waals surface area contributed by atoms with Crippen molar-refractivity contribution in [1.82, 2.24) is 9.55 Å². The number of aryl methyl sites for hydroxylation is 1. The van der Waals surface area contributed by atoms with Crippen LogP contribution in [0.5, 0.6) is 0 Å². The van der Waals surface area contributed by atoms with Crippen LogP contribution in [0, 0.1) is 0 Å². The average Bonchev–Trinajstić information content (AvgIpc) is 3.18. The van der Waals surface area contributed by atoms with Gasteiger partial charge < -0.3 is 5.32 Å². The molecule has 0 bridgehead atoms. The first-order valence-corrected chi connectivity index (χ1v) is 11.9. The van der Waals surface area contributed by atoms with Gasteiger partial charge in [0.25, 0.3) is 5.56 Å². The molecule has 1 amide bonds. The minimum absolute atomic E-state index is 0.113. The van der Waals surface area contributed by atoms with Gasteiger partial charge in [-0.15, -0.1) is 11.3 Å². The van der Waals surface area contributed by atoms with Gasteiger partial charge in [0.05, 0.1) is 16.8 Å². The molecule has 0 saturated carbocycles. The van der Waals surface area contributed by atoms with E-state index in [2.05, 4.69) is 28.2 Å². The quantitative estimate of drug-likeness (QED) is 0.281. The summed E-state index contributed by atoms with van der Waals surface area (Å²) in [6, 6.07) is 18.7.